The van der Waals surface area contributed by atoms with Crippen LogP contribution in [0.3, 0.4) is 0 Å². The van der Waals surface area contributed by atoms with Gasteiger partial charge < -0.3 is 5.21 Å². The number of benzene rings is 2. The van der Waals surface area contributed by atoms with Crippen molar-refractivity contribution in [1.82, 2.24) is 9.78 Å². The highest BCUT2D eigenvalue weighted by Gasteiger charge is 2.17. The summed E-state index contributed by atoms with van der Waals surface area (Å²) in [6.45, 7) is 0. The summed E-state index contributed by atoms with van der Waals surface area (Å²) in [5, 5.41) is 17.8. The summed E-state index contributed by atoms with van der Waals surface area (Å²) in [6, 6.07) is 17.9. The van der Waals surface area contributed by atoms with E-state index in [1.807, 2.05) is 66.3 Å². The van der Waals surface area contributed by atoms with Crippen LogP contribution in [0.1, 0.15) is 5.56 Å². The Morgan fingerprint density at radius 1 is 1.13 bits per heavy atom. The van der Waals surface area contributed by atoms with Crippen LogP contribution < -0.4 is 0 Å². The Morgan fingerprint density at radius 2 is 1.83 bits per heavy atom. The van der Waals surface area contributed by atoms with E-state index >= 15 is 0 Å². The molecule has 1 aromatic heterocycles. The Labute approximate surface area is 147 Å². The maximum atomic E-state index is 9.04. The molecule has 0 atom stereocenters. The van der Waals surface area contributed by atoms with Gasteiger partial charge in [-0.3, -0.25) is 4.68 Å². The van der Waals surface area contributed by atoms with E-state index < -0.39 is 0 Å². The molecule has 116 valence electrons. The largest absolute Gasteiger partial charge is 0.411 e. The highest BCUT2D eigenvalue weighted by Crippen LogP contribution is 2.35. The lowest BCUT2D eigenvalue weighted by Gasteiger charge is -2.04. The molecule has 6 heteroatoms. The van der Waals surface area contributed by atoms with Gasteiger partial charge in [0.25, 0.3) is 0 Å². The lowest BCUT2D eigenvalue weighted by Crippen LogP contribution is -1.93. The van der Waals surface area contributed by atoms with Crippen LogP contribution in [0.25, 0.3) is 11.3 Å². The van der Waals surface area contributed by atoms with E-state index in [4.69, 9.17) is 5.21 Å². The smallest absolute Gasteiger partial charge is 0.108 e. The number of hydrogen-bond acceptors (Lipinski definition) is 4. The number of halogens is 1. The van der Waals surface area contributed by atoms with Crippen LogP contribution in [0.5, 0.6) is 0 Å². The summed E-state index contributed by atoms with van der Waals surface area (Å²) in [6.07, 6.45) is 1.44. The number of oxime groups is 1. The van der Waals surface area contributed by atoms with Gasteiger partial charge in [-0.2, -0.15) is 5.10 Å². The van der Waals surface area contributed by atoms with Gasteiger partial charge in [0.2, 0.25) is 0 Å². The summed E-state index contributed by atoms with van der Waals surface area (Å²) in [5.41, 5.74) is 2.58. The second kappa shape index (κ2) is 7.02. The van der Waals surface area contributed by atoms with Crippen molar-refractivity contribution in [1.29, 1.82) is 0 Å². The minimum absolute atomic E-state index is 0.797. The number of nitrogens with zero attached hydrogens (tertiary/aromatic N) is 3. The van der Waals surface area contributed by atoms with Gasteiger partial charge in [-0.1, -0.05) is 63.2 Å². The van der Waals surface area contributed by atoms with Gasteiger partial charge in [0.15, 0.2) is 0 Å². The molecule has 3 rings (SSSR count). The Hall–Kier alpha value is -2.05. The molecule has 0 fully saturated rings. The molecule has 1 N–H and O–H groups in total. The van der Waals surface area contributed by atoms with Gasteiger partial charge in [0.05, 0.1) is 11.8 Å². The van der Waals surface area contributed by atoms with Gasteiger partial charge in [-0.05, 0) is 24.3 Å². The lowest BCUT2D eigenvalue weighted by molar-refractivity contribution is 0.321. The van der Waals surface area contributed by atoms with Gasteiger partial charge in [0, 0.05) is 22.0 Å². The zero-order valence-electron chi connectivity index (χ0n) is 12.3. The van der Waals surface area contributed by atoms with E-state index in [1.165, 1.54) is 6.21 Å². The molecule has 0 bridgehead atoms. The predicted molar refractivity (Wildman–Crippen MR) is 96.3 cm³/mol. The van der Waals surface area contributed by atoms with Crippen molar-refractivity contribution in [2.45, 2.75) is 9.92 Å². The molecule has 3 aromatic rings. The molecule has 0 aliphatic heterocycles. The van der Waals surface area contributed by atoms with Gasteiger partial charge in [-0.25, -0.2) is 0 Å². The van der Waals surface area contributed by atoms with E-state index in [1.54, 1.807) is 11.8 Å². The third kappa shape index (κ3) is 3.48. The van der Waals surface area contributed by atoms with E-state index in [2.05, 4.69) is 26.2 Å². The number of rotatable bonds is 4. The first kappa shape index (κ1) is 15.8. The van der Waals surface area contributed by atoms with Crippen LogP contribution in [-0.2, 0) is 7.05 Å². The molecule has 23 heavy (non-hydrogen) atoms. The zero-order valence-corrected chi connectivity index (χ0v) is 14.8. The maximum absolute atomic E-state index is 9.04. The third-order valence-corrected chi connectivity index (χ3v) is 5.01. The number of aryl methyl sites for hydroxylation is 1. The summed E-state index contributed by atoms with van der Waals surface area (Å²) < 4.78 is 2.85. The topological polar surface area (TPSA) is 50.4 Å². The lowest BCUT2D eigenvalue weighted by atomic mass is 10.1. The van der Waals surface area contributed by atoms with Crippen LogP contribution in [0, 0.1) is 0 Å². The Kier molecular flexibility index (Phi) is 4.83. The standard InChI is InChI=1S/C17H14BrN3OS/c1-21-17(23-14-9-7-13(18)8-10-14)15(11-19-22)16(20-21)12-5-3-2-4-6-12/h2-11,22H,1H3/b19-11-. The fourth-order valence-electron chi connectivity index (χ4n) is 2.24. The normalized spacial score (nSPS) is 11.2. The van der Waals surface area contributed by atoms with Crippen LogP contribution in [0.4, 0.5) is 0 Å². The molecule has 2 aromatic carbocycles. The van der Waals surface area contributed by atoms with Crippen molar-refractivity contribution in [3.8, 4) is 11.3 Å². The highest BCUT2D eigenvalue weighted by molar-refractivity contribution is 9.10. The van der Waals surface area contributed by atoms with E-state index in [0.29, 0.717) is 0 Å². The fourth-order valence-corrected chi connectivity index (χ4v) is 3.44. The fraction of sp³-hybridized carbons (Fsp3) is 0.0588. The molecule has 1 heterocycles. The molecule has 0 aliphatic carbocycles. The molecule has 4 nitrogen and oxygen atoms in total. The summed E-state index contributed by atoms with van der Waals surface area (Å²) in [4.78, 5) is 1.09. The van der Waals surface area contributed by atoms with Crippen LogP contribution in [0.2, 0.25) is 0 Å². The Morgan fingerprint density at radius 3 is 2.48 bits per heavy atom. The zero-order chi connectivity index (χ0) is 16.2. The van der Waals surface area contributed by atoms with E-state index in [0.717, 1.165) is 31.2 Å². The second-order valence-electron chi connectivity index (χ2n) is 4.86. The summed E-state index contributed by atoms with van der Waals surface area (Å²) >= 11 is 5.02. The molecule has 0 unspecified atom stereocenters. The molecule has 0 spiro atoms. The van der Waals surface area contributed by atoms with Crippen molar-refractivity contribution < 1.29 is 5.21 Å². The average molecular weight is 388 g/mol. The number of hydrogen-bond donors (Lipinski definition) is 1. The van der Waals surface area contributed by atoms with E-state index in [9.17, 15) is 0 Å². The first-order valence-corrected chi connectivity index (χ1v) is 8.53. The second-order valence-corrected chi connectivity index (χ2v) is 6.84. The van der Waals surface area contributed by atoms with E-state index in [-0.39, 0.29) is 0 Å². The highest BCUT2D eigenvalue weighted by atomic mass is 79.9. The minimum Gasteiger partial charge on any atom is -0.411 e. The van der Waals surface area contributed by atoms with Crippen LogP contribution in [-0.4, -0.2) is 21.2 Å². The van der Waals surface area contributed by atoms with Crippen molar-refractivity contribution in [3.05, 3.63) is 64.6 Å². The molecular formula is C17H14BrN3OS. The van der Waals surface area contributed by atoms with Crippen LogP contribution in [0.15, 0.2) is 74.1 Å². The monoisotopic (exact) mass is 387 g/mol. The van der Waals surface area contributed by atoms with Crippen molar-refractivity contribution >= 4 is 33.9 Å². The Balaban J connectivity index is 2.06. The average Bonchev–Trinajstić information content (AvgIpc) is 2.87. The maximum Gasteiger partial charge on any atom is 0.108 e. The first-order chi connectivity index (χ1) is 11.2. The SMILES string of the molecule is Cn1nc(-c2ccccc2)c(/C=N\O)c1Sc1ccc(Br)cc1. The molecule has 0 aliphatic rings. The van der Waals surface area contributed by atoms with Crippen molar-refractivity contribution in [3.63, 3.8) is 0 Å². The summed E-state index contributed by atoms with van der Waals surface area (Å²) in [5.74, 6) is 0. The molecule has 0 saturated heterocycles. The van der Waals surface area contributed by atoms with Gasteiger partial charge in [0.1, 0.15) is 10.7 Å². The molecule has 0 amide bonds. The molecular weight excluding hydrogens is 374 g/mol. The summed E-state index contributed by atoms with van der Waals surface area (Å²) in [7, 11) is 1.89. The van der Waals surface area contributed by atoms with Crippen molar-refractivity contribution in [2.24, 2.45) is 12.2 Å². The predicted octanol–water partition coefficient (Wildman–Crippen LogP) is 4.81. The quantitative estimate of drug-likeness (QED) is 0.397. The molecule has 0 saturated carbocycles. The van der Waals surface area contributed by atoms with Gasteiger partial charge >= 0.3 is 0 Å². The Bertz CT molecular complexity index is 829. The van der Waals surface area contributed by atoms with Crippen molar-refractivity contribution in [2.75, 3.05) is 0 Å². The van der Waals surface area contributed by atoms with Gasteiger partial charge in [-0.15, -0.1) is 0 Å². The molecule has 0 radical (unpaired) electrons. The third-order valence-electron chi connectivity index (χ3n) is 3.29. The minimum atomic E-state index is 0.797. The number of aromatic nitrogens is 2. The van der Waals surface area contributed by atoms with Crippen LogP contribution >= 0.6 is 27.7 Å². The first-order valence-electron chi connectivity index (χ1n) is 6.92.